The van der Waals surface area contributed by atoms with Crippen molar-refractivity contribution in [1.29, 1.82) is 5.26 Å². The Balaban J connectivity index is 1.72. The summed E-state index contributed by atoms with van der Waals surface area (Å²) in [5.41, 5.74) is 2.26. The lowest BCUT2D eigenvalue weighted by atomic mass is 10.1. The first-order valence-electron chi connectivity index (χ1n) is 9.25. The smallest absolute Gasteiger partial charge is 0.241 e. The Morgan fingerprint density at radius 2 is 1.87 bits per heavy atom. The zero-order valence-electron chi connectivity index (χ0n) is 16.0. The minimum atomic E-state index is -4.01. The number of halogens is 2. The van der Waals surface area contributed by atoms with Crippen LogP contribution >= 0.6 is 11.6 Å². The minimum Gasteiger partial charge on any atom is -0.329 e. The monoisotopic (exact) mass is 454 g/mol. The summed E-state index contributed by atoms with van der Waals surface area (Å²) in [5.74, 6) is -0.421. The SMILES string of the molecule is N#Cc1cc(S(=O)(=O)NC(Cn2cnc3ccccc32)c2ccc(F)cc2)ccc1Cl. The third-order valence-electron chi connectivity index (χ3n) is 4.84. The third-order valence-corrected chi connectivity index (χ3v) is 6.64. The van der Waals surface area contributed by atoms with E-state index in [4.69, 9.17) is 11.6 Å². The van der Waals surface area contributed by atoms with E-state index in [2.05, 4.69) is 9.71 Å². The Morgan fingerprint density at radius 3 is 2.61 bits per heavy atom. The van der Waals surface area contributed by atoms with Crippen molar-refractivity contribution in [3.05, 3.63) is 95.0 Å². The van der Waals surface area contributed by atoms with Crippen LogP contribution in [0.1, 0.15) is 17.2 Å². The summed E-state index contributed by atoms with van der Waals surface area (Å²) < 4.78 is 44.1. The Bertz CT molecular complexity index is 1400. The number of nitriles is 1. The lowest BCUT2D eigenvalue weighted by Crippen LogP contribution is -2.31. The lowest BCUT2D eigenvalue weighted by Gasteiger charge is -2.20. The second-order valence-electron chi connectivity index (χ2n) is 6.86. The van der Waals surface area contributed by atoms with Crippen LogP contribution < -0.4 is 4.72 Å². The molecular weight excluding hydrogens is 439 g/mol. The molecular formula is C22H16ClFN4O2S. The third kappa shape index (κ3) is 4.44. The number of benzene rings is 3. The van der Waals surface area contributed by atoms with E-state index in [0.717, 1.165) is 11.0 Å². The van der Waals surface area contributed by atoms with E-state index in [1.165, 1.54) is 42.5 Å². The van der Waals surface area contributed by atoms with Crippen molar-refractivity contribution < 1.29 is 12.8 Å². The maximum Gasteiger partial charge on any atom is 0.241 e. The van der Waals surface area contributed by atoms with Gasteiger partial charge in [-0.3, -0.25) is 0 Å². The Kier molecular flexibility index (Phi) is 5.74. The first-order chi connectivity index (χ1) is 14.9. The molecule has 0 spiro atoms. The lowest BCUT2D eigenvalue weighted by molar-refractivity contribution is 0.515. The van der Waals surface area contributed by atoms with E-state index in [1.807, 2.05) is 34.9 Å². The largest absolute Gasteiger partial charge is 0.329 e. The molecule has 6 nitrogen and oxygen atoms in total. The number of rotatable bonds is 6. The van der Waals surface area contributed by atoms with Crippen molar-refractivity contribution in [3.8, 4) is 6.07 Å². The molecule has 0 aliphatic carbocycles. The van der Waals surface area contributed by atoms with Crippen LogP contribution in [0.2, 0.25) is 5.02 Å². The molecule has 1 aromatic heterocycles. The van der Waals surface area contributed by atoms with Gasteiger partial charge in [-0.25, -0.2) is 22.5 Å². The molecule has 0 aliphatic heterocycles. The van der Waals surface area contributed by atoms with Crippen LogP contribution in [0.25, 0.3) is 11.0 Å². The molecule has 0 radical (unpaired) electrons. The molecule has 0 saturated heterocycles. The summed E-state index contributed by atoms with van der Waals surface area (Å²) in [6.07, 6.45) is 1.63. The van der Waals surface area contributed by atoms with Crippen molar-refractivity contribution >= 4 is 32.7 Å². The van der Waals surface area contributed by atoms with Gasteiger partial charge in [0.15, 0.2) is 0 Å². The highest BCUT2D eigenvalue weighted by Gasteiger charge is 2.23. The number of nitrogens with zero attached hydrogens (tertiary/aromatic N) is 3. The van der Waals surface area contributed by atoms with E-state index in [0.29, 0.717) is 5.56 Å². The Labute approximate surface area is 183 Å². The number of para-hydroxylation sites is 2. The Hall–Kier alpha value is -3.25. The van der Waals surface area contributed by atoms with Crippen molar-refractivity contribution in [1.82, 2.24) is 14.3 Å². The molecule has 4 rings (SSSR count). The summed E-state index contributed by atoms with van der Waals surface area (Å²) in [4.78, 5) is 4.25. The number of hydrogen-bond donors (Lipinski definition) is 1. The van der Waals surface area contributed by atoms with Gasteiger partial charge in [0, 0.05) is 6.54 Å². The van der Waals surface area contributed by atoms with Gasteiger partial charge in [-0.05, 0) is 48.0 Å². The second kappa shape index (κ2) is 8.47. The van der Waals surface area contributed by atoms with Crippen molar-refractivity contribution in [3.63, 3.8) is 0 Å². The van der Waals surface area contributed by atoms with Gasteiger partial charge in [-0.15, -0.1) is 0 Å². The van der Waals surface area contributed by atoms with Gasteiger partial charge in [0.05, 0.1) is 38.9 Å². The second-order valence-corrected chi connectivity index (χ2v) is 8.99. The summed E-state index contributed by atoms with van der Waals surface area (Å²) in [6.45, 7) is 0.226. The van der Waals surface area contributed by atoms with E-state index in [1.54, 1.807) is 6.33 Å². The molecule has 1 unspecified atom stereocenters. The average molecular weight is 455 g/mol. The van der Waals surface area contributed by atoms with Gasteiger partial charge in [-0.2, -0.15) is 5.26 Å². The highest BCUT2D eigenvalue weighted by molar-refractivity contribution is 7.89. The van der Waals surface area contributed by atoms with Crippen LogP contribution in [0.3, 0.4) is 0 Å². The number of nitrogens with one attached hydrogen (secondary N) is 1. The van der Waals surface area contributed by atoms with Crippen molar-refractivity contribution in [2.24, 2.45) is 0 Å². The number of hydrogen-bond acceptors (Lipinski definition) is 4. The molecule has 0 amide bonds. The molecule has 0 aliphatic rings. The maximum atomic E-state index is 13.5. The summed E-state index contributed by atoms with van der Waals surface area (Å²) in [5, 5.41) is 9.34. The zero-order chi connectivity index (χ0) is 22.0. The van der Waals surface area contributed by atoms with Gasteiger partial charge < -0.3 is 4.57 Å². The molecule has 0 fully saturated rings. The quantitative estimate of drug-likeness (QED) is 0.467. The molecule has 31 heavy (non-hydrogen) atoms. The maximum absolute atomic E-state index is 13.5. The van der Waals surface area contributed by atoms with Crippen LogP contribution in [0.4, 0.5) is 4.39 Å². The minimum absolute atomic E-state index is 0.0588. The van der Waals surface area contributed by atoms with Crippen LogP contribution in [0, 0.1) is 17.1 Å². The molecule has 1 N–H and O–H groups in total. The number of fused-ring (bicyclic) bond motifs is 1. The van der Waals surface area contributed by atoms with Crippen LogP contribution in [-0.4, -0.2) is 18.0 Å². The summed E-state index contributed by atoms with van der Waals surface area (Å²) in [7, 11) is -4.01. The molecule has 156 valence electrons. The molecule has 3 aromatic carbocycles. The van der Waals surface area contributed by atoms with Gasteiger partial charge in [0.25, 0.3) is 0 Å². The molecule has 1 atom stereocenters. The van der Waals surface area contributed by atoms with Crippen LogP contribution in [-0.2, 0) is 16.6 Å². The highest BCUT2D eigenvalue weighted by atomic mass is 35.5. The fraction of sp³-hybridized carbons (Fsp3) is 0.0909. The molecule has 1 heterocycles. The van der Waals surface area contributed by atoms with Crippen LogP contribution in [0.5, 0.6) is 0 Å². The standard InChI is InChI=1S/C22H16ClFN4O2S/c23-19-10-9-18(11-16(19)12-25)31(29,30)27-21(15-5-7-17(24)8-6-15)13-28-14-26-20-3-1-2-4-22(20)28/h1-11,14,21,27H,13H2. The van der Waals surface area contributed by atoms with Gasteiger partial charge in [-0.1, -0.05) is 35.9 Å². The predicted molar refractivity (Wildman–Crippen MR) is 115 cm³/mol. The molecule has 9 heteroatoms. The average Bonchev–Trinajstić information content (AvgIpc) is 3.17. The number of aromatic nitrogens is 2. The fourth-order valence-corrected chi connectivity index (χ4v) is 4.67. The first-order valence-corrected chi connectivity index (χ1v) is 11.1. The number of imidazole rings is 1. The first kappa shape index (κ1) is 21.0. The summed E-state index contributed by atoms with van der Waals surface area (Å²) >= 11 is 5.93. The van der Waals surface area contributed by atoms with E-state index in [9.17, 15) is 18.1 Å². The fourth-order valence-electron chi connectivity index (χ4n) is 3.27. The van der Waals surface area contributed by atoms with Gasteiger partial charge in [0.1, 0.15) is 11.9 Å². The topological polar surface area (TPSA) is 87.8 Å². The molecule has 0 saturated carbocycles. The molecule has 0 bridgehead atoms. The van der Waals surface area contributed by atoms with E-state index < -0.39 is 21.9 Å². The molecule has 4 aromatic rings. The summed E-state index contributed by atoms with van der Waals surface area (Å²) in [6, 6.07) is 18.2. The van der Waals surface area contributed by atoms with Gasteiger partial charge >= 0.3 is 0 Å². The van der Waals surface area contributed by atoms with Gasteiger partial charge in [0.2, 0.25) is 10.0 Å². The van der Waals surface area contributed by atoms with E-state index >= 15 is 0 Å². The zero-order valence-corrected chi connectivity index (χ0v) is 17.6. The van der Waals surface area contributed by atoms with E-state index in [-0.39, 0.29) is 22.0 Å². The normalized spacial score (nSPS) is 12.5. The van der Waals surface area contributed by atoms with Crippen molar-refractivity contribution in [2.45, 2.75) is 17.5 Å². The Morgan fingerprint density at radius 1 is 1.13 bits per heavy atom. The van der Waals surface area contributed by atoms with Crippen molar-refractivity contribution in [2.75, 3.05) is 0 Å². The highest BCUT2D eigenvalue weighted by Crippen LogP contribution is 2.24. The predicted octanol–water partition coefficient (Wildman–Crippen LogP) is 4.42. The van der Waals surface area contributed by atoms with Crippen LogP contribution in [0.15, 0.2) is 78.0 Å². The number of sulfonamides is 1.